The third-order valence-corrected chi connectivity index (χ3v) is 3.97. The molecule has 1 fully saturated rings. The number of carbonyl (C=O) groups excluding carboxylic acids is 2. The van der Waals surface area contributed by atoms with E-state index in [4.69, 9.17) is 5.73 Å². The molecule has 0 spiro atoms. The zero-order chi connectivity index (χ0) is 13.5. The topological polar surface area (TPSA) is 60.2 Å². The molecule has 1 aromatic carbocycles. The quantitative estimate of drug-likeness (QED) is 0.640. The van der Waals surface area contributed by atoms with Crippen LogP contribution in [0.15, 0.2) is 22.7 Å². The number of halogens is 1. The van der Waals surface area contributed by atoms with E-state index in [9.17, 15) is 9.59 Å². The maximum Gasteiger partial charge on any atom is 0.148 e. The van der Waals surface area contributed by atoms with Crippen LogP contribution in [0.2, 0.25) is 0 Å². The fourth-order valence-corrected chi connectivity index (χ4v) is 3.14. The van der Waals surface area contributed by atoms with Crippen LogP contribution in [0.1, 0.15) is 38.2 Å². The number of hydrogen-bond acceptors (Lipinski definition) is 3. The van der Waals surface area contributed by atoms with Gasteiger partial charge in [-0.15, -0.1) is 0 Å². The molecule has 0 unspecified atom stereocenters. The van der Waals surface area contributed by atoms with E-state index >= 15 is 0 Å². The van der Waals surface area contributed by atoms with Crippen LogP contribution < -0.4 is 5.73 Å². The molecule has 2 N–H and O–H groups in total. The molecule has 0 bridgehead atoms. The molecule has 4 heteroatoms. The first-order valence-electron chi connectivity index (χ1n) is 5.90. The number of carbonyl (C=O) groups is 2. The zero-order valence-corrected chi connectivity index (χ0v) is 12.1. The van der Waals surface area contributed by atoms with Gasteiger partial charge in [0.25, 0.3) is 0 Å². The summed E-state index contributed by atoms with van der Waals surface area (Å²) in [5.41, 5.74) is 6.80. The summed E-state index contributed by atoms with van der Waals surface area (Å²) in [6.07, 6.45) is 0.889. The zero-order valence-electron chi connectivity index (χ0n) is 10.5. The predicted octanol–water partition coefficient (Wildman–Crippen LogP) is 3.07. The highest BCUT2D eigenvalue weighted by molar-refractivity contribution is 9.10. The summed E-state index contributed by atoms with van der Waals surface area (Å²) in [5.74, 6) is -0.628. The van der Waals surface area contributed by atoms with Crippen LogP contribution in [0.4, 0.5) is 5.69 Å². The van der Waals surface area contributed by atoms with Crippen LogP contribution >= 0.6 is 15.9 Å². The Balaban J connectivity index is 2.39. The molecule has 1 aliphatic rings. The summed E-state index contributed by atoms with van der Waals surface area (Å²) < 4.78 is 0.730. The average molecular weight is 310 g/mol. The number of anilines is 1. The number of nitrogen functional groups attached to an aromatic ring is 1. The van der Waals surface area contributed by atoms with Gasteiger partial charge in [0.15, 0.2) is 0 Å². The molecule has 0 saturated heterocycles. The molecule has 0 radical (unpaired) electrons. The minimum absolute atomic E-state index is 0.00159. The van der Waals surface area contributed by atoms with Gasteiger partial charge >= 0.3 is 0 Å². The summed E-state index contributed by atoms with van der Waals surface area (Å²) in [7, 11) is 0. The van der Waals surface area contributed by atoms with Gasteiger partial charge in [-0.05, 0) is 23.1 Å². The first-order chi connectivity index (χ1) is 8.30. The van der Waals surface area contributed by atoms with Crippen molar-refractivity contribution < 1.29 is 9.59 Å². The lowest BCUT2D eigenvalue weighted by Crippen LogP contribution is -2.36. The van der Waals surface area contributed by atoms with Gasteiger partial charge in [0, 0.05) is 23.0 Å². The van der Waals surface area contributed by atoms with Crippen molar-refractivity contribution in [3.63, 3.8) is 0 Å². The van der Waals surface area contributed by atoms with Crippen molar-refractivity contribution in [3.8, 4) is 0 Å². The molecule has 0 amide bonds. The van der Waals surface area contributed by atoms with E-state index in [1.54, 1.807) is 18.2 Å². The summed E-state index contributed by atoms with van der Waals surface area (Å²) in [4.78, 5) is 24.4. The fraction of sp³-hybridized carbons (Fsp3) is 0.429. The third kappa shape index (κ3) is 2.48. The number of Topliss-reactive ketones (excluding diaryl/α,β-unsaturated/α-hetero) is 2. The van der Waals surface area contributed by atoms with Gasteiger partial charge in [-0.2, -0.15) is 0 Å². The summed E-state index contributed by atoms with van der Waals surface area (Å²) in [6.45, 7) is 3.91. The van der Waals surface area contributed by atoms with Gasteiger partial charge in [-0.3, -0.25) is 9.59 Å². The fourth-order valence-electron chi connectivity index (χ4n) is 2.51. The number of rotatable bonds is 1. The van der Waals surface area contributed by atoms with E-state index in [0.29, 0.717) is 18.5 Å². The standard InChI is InChI=1S/C14H16BrNO2/c1-14(2)6-11(17)13(12(18)7-14)9-4-3-8(16)5-10(9)15/h3-5,13H,6-7,16H2,1-2H3. The SMILES string of the molecule is CC1(C)CC(=O)C(c2ccc(N)cc2Br)C(=O)C1. The van der Waals surface area contributed by atoms with Crippen LogP contribution in [0.3, 0.4) is 0 Å². The highest BCUT2D eigenvalue weighted by atomic mass is 79.9. The minimum Gasteiger partial charge on any atom is -0.399 e. The van der Waals surface area contributed by atoms with Gasteiger partial charge in [-0.1, -0.05) is 35.8 Å². The molecule has 96 valence electrons. The van der Waals surface area contributed by atoms with Crippen molar-refractivity contribution in [2.75, 3.05) is 5.73 Å². The van der Waals surface area contributed by atoms with E-state index in [2.05, 4.69) is 15.9 Å². The number of nitrogens with two attached hydrogens (primary N) is 1. The molecule has 2 rings (SSSR count). The molecule has 1 saturated carbocycles. The Morgan fingerprint density at radius 2 is 1.78 bits per heavy atom. The average Bonchev–Trinajstić information content (AvgIpc) is 2.18. The van der Waals surface area contributed by atoms with Crippen molar-refractivity contribution in [1.82, 2.24) is 0 Å². The van der Waals surface area contributed by atoms with Crippen LogP contribution in [0.5, 0.6) is 0 Å². The van der Waals surface area contributed by atoms with Crippen LogP contribution in [0, 0.1) is 5.41 Å². The molecular weight excluding hydrogens is 294 g/mol. The molecular formula is C14H16BrNO2. The monoisotopic (exact) mass is 309 g/mol. The lowest BCUT2D eigenvalue weighted by molar-refractivity contribution is -0.135. The van der Waals surface area contributed by atoms with Crippen molar-refractivity contribution in [2.45, 2.75) is 32.6 Å². The van der Waals surface area contributed by atoms with Gasteiger partial charge < -0.3 is 5.73 Å². The van der Waals surface area contributed by atoms with Crippen LogP contribution in [0.25, 0.3) is 0 Å². The summed E-state index contributed by atoms with van der Waals surface area (Å²) in [5, 5.41) is 0. The Morgan fingerprint density at radius 1 is 1.22 bits per heavy atom. The second-order valence-electron chi connectivity index (χ2n) is 5.66. The van der Waals surface area contributed by atoms with Crippen molar-refractivity contribution in [3.05, 3.63) is 28.2 Å². The maximum absolute atomic E-state index is 12.2. The van der Waals surface area contributed by atoms with E-state index in [1.165, 1.54) is 0 Å². The lowest BCUT2D eigenvalue weighted by Gasteiger charge is -2.32. The van der Waals surface area contributed by atoms with Gasteiger partial charge in [0.1, 0.15) is 17.5 Å². The second kappa shape index (κ2) is 4.50. The molecule has 0 heterocycles. The number of benzene rings is 1. The first kappa shape index (κ1) is 13.3. The van der Waals surface area contributed by atoms with Crippen LogP contribution in [-0.2, 0) is 9.59 Å². The number of hydrogen-bond donors (Lipinski definition) is 1. The Hall–Kier alpha value is -1.16. The van der Waals surface area contributed by atoms with E-state index in [1.807, 2.05) is 13.8 Å². The largest absolute Gasteiger partial charge is 0.399 e. The Morgan fingerprint density at radius 3 is 2.28 bits per heavy atom. The van der Waals surface area contributed by atoms with Crippen molar-refractivity contribution in [2.24, 2.45) is 5.41 Å². The van der Waals surface area contributed by atoms with Crippen LogP contribution in [-0.4, -0.2) is 11.6 Å². The minimum atomic E-state index is -0.631. The van der Waals surface area contributed by atoms with Crippen molar-refractivity contribution in [1.29, 1.82) is 0 Å². The Bertz CT molecular complexity index is 503. The highest BCUT2D eigenvalue weighted by Crippen LogP contribution is 2.40. The predicted molar refractivity (Wildman–Crippen MR) is 74.3 cm³/mol. The molecule has 0 aliphatic heterocycles. The van der Waals surface area contributed by atoms with E-state index < -0.39 is 5.92 Å². The van der Waals surface area contributed by atoms with E-state index in [-0.39, 0.29) is 17.0 Å². The molecule has 1 aliphatic carbocycles. The molecule has 18 heavy (non-hydrogen) atoms. The van der Waals surface area contributed by atoms with E-state index in [0.717, 1.165) is 10.0 Å². The molecule has 0 aromatic heterocycles. The van der Waals surface area contributed by atoms with Gasteiger partial charge in [-0.25, -0.2) is 0 Å². The first-order valence-corrected chi connectivity index (χ1v) is 6.70. The Labute approximate surface area is 115 Å². The van der Waals surface area contributed by atoms with Gasteiger partial charge in [0.2, 0.25) is 0 Å². The summed E-state index contributed by atoms with van der Waals surface area (Å²) >= 11 is 3.38. The normalized spacial score (nSPS) is 20.2. The maximum atomic E-state index is 12.2. The van der Waals surface area contributed by atoms with Crippen molar-refractivity contribution >= 4 is 33.2 Å². The lowest BCUT2D eigenvalue weighted by atomic mass is 9.70. The number of ketones is 2. The smallest absolute Gasteiger partial charge is 0.148 e. The highest BCUT2D eigenvalue weighted by Gasteiger charge is 2.40. The third-order valence-electron chi connectivity index (χ3n) is 3.29. The summed E-state index contributed by atoms with van der Waals surface area (Å²) in [6, 6.07) is 5.22. The molecule has 0 atom stereocenters. The molecule has 3 nitrogen and oxygen atoms in total. The molecule has 1 aromatic rings. The second-order valence-corrected chi connectivity index (χ2v) is 6.52. The Kier molecular flexibility index (Phi) is 3.32. The van der Waals surface area contributed by atoms with Gasteiger partial charge in [0.05, 0.1) is 0 Å².